The fraction of sp³-hybridized carbons (Fsp3) is 0.222. The van der Waals surface area contributed by atoms with Gasteiger partial charge in [0.1, 0.15) is 0 Å². The Morgan fingerprint density at radius 1 is 0.676 bits per heavy atom. The van der Waals surface area contributed by atoms with E-state index < -0.39 is 0 Å². The summed E-state index contributed by atoms with van der Waals surface area (Å²) in [6, 6.07) is 29.2. The third kappa shape index (κ3) is 2.80. The third-order valence-corrected chi connectivity index (χ3v) is 9.61. The molecule has 0 fully saturated rings. The highest BCUT2D eigenvalue weighted by Crippen LogP contribution is 2.63. The summed E-state index contributed by atoms with van der Waals surface area (Å²) in [5, 5.41) is 2.68. The lowest BCUT2D eigenvalue weighted by molar-refractivity contribution is 0.272. The predicted molar refractivity (Wildman–Crippen MR) is 159 cm³/mol. The number of fused-ring (bicyclic) bond motifs is 7. The summed E-state index contributed by atoms with van der Waals surface area (Å²) in [5.74, 6) is 0. The standard InChI is InChI=1S/C36H33N/c1-23-13-9-10-16-26(23)27-18-19-28-29-20-21-30-31-17-11-12-22-36(31,5)35(3,4)32(30)34(29)37(33(28)24(27)2)25-14-7-6-8-15-25/h6-21H,22H2,1-5H3. The van der Waals surface area contributed by atoms with Gasteiger partial charge in [0.15, 0.2) is 0 Å². The van der Waals surface area contributed by atoms with Crippen molar-refractivity contribution in [2.45, 2.75) is 46.5 Å². The van der Waals surface area contributed by atoms with E-state index in [-0.39, 0.29) is 10.8 Å². The zero-order valence-electron chi connectivity index (χ0n) is 22.4. The minimum absolute atomic E-state index is 0.00784. The summed E-state index contributed by atoms with van der Waals surface area (Å²) in [6.07, 6.45) is 8.03. The van der Waals surface area contributed by atoms with Gasteiger partial charge in [-0.3, -0.25) is 0 Å². The number of allylic oxidation sites excluding steroid dienone is 4. The molecule has 0 radical (unpaired) electrons. The highest BCUT2D eigenvalue weighted by atomic mass is 15.0. The molecule has 1 atom stereocenters. The van der Waals surface area contributed by atoms with Gasteiger partial charge in [0.2, 0.25) is 0 Å². The fourth-order valence-electron chi connectivity index (χ4n) is 7.23. The fourth-order valence-corrected chi connectivity index (χ4v) is 7.23. The smallest absolute Gasteiger partial charge is 0.0585 e. The Morgan fingerprint density at radius 2 is 1.35 bits per heavy atom. The van der Waals surface area contributed by atoms with Crippen molar-refractivity contribution in [3.8, 4) is 16.8 Å². The predicted octanol–water partition coefficient (Wildman–Crippen LogP) is 9.71. The van der Waals surface area contributed by atoms with Gasteiger partial charge < -0.3 is 4.57 Å². The van der Waals surface area contributed by atoms with E-state index in [1.54, 1.807) is 0 Å². The second-order valence-corrected chi connectivity index (χ2v) is 11.7. The van der Waals surface area contributed by atoms with Gasteiger partial charge in [0.05, 0.1) is 11.0 Å². The van der Waals surface area contributed by atoms with Crippen LogP contribution in [-0.4, -0.2) is 4.57 Å². The minimum atomic E-state index is -0.00784. The second kappa shape index (κ2) is 7.59. The van der Waals surface area contributed by atoms with E-state index in [4.69, 9.17) is 0 Å². The van der Waals surface area contributed by atoms with E-state index in [0.29, 0.717) is 0 Å². The van der Waals surface area contributed by atoms with Gasteiger partial charge in [-0.25, -0.2) is 0 Å². The molecular weight excluding hydrogens is 446 g/mol. The number of aromatic nitrogens is 1. The van der Waals surface area contributed by atoms with Crippen molar-refractivity contribution < 1.29 is 0 Å². The number of hydrogen-bond donors (Lipinski definition) is 0. The molecular formula is C36H33N. The first-order valence-electron chi connectivity index (χ1n) is 13.4. The number of para-hydroxylation sites is 1. The van der Waals surface area contributed by atoms with Gasteiger partial charge >= 0.3 is 0 Å². The highest BCUT2D eigenvalue weighted by molar-refractivity contribution is 6.14. The first-order chi connectivity index (χ1) is 17.8. The summed E-state index contributed by atoms with van der Waals surface area (Å²) in [5.41, 5.74) is 13.6. The monoisotopic (exact) mass is 479 g/mol. The lowest BCUT2D eigenvalue weighted by Gasteiger charge is -2.40. The minimum Gasteiger partial charge on any atom is -0.309 e. The molecule has 2 aliphatic carbocycles. The van der Waals surface area contributed by atoms with E-state index in [1.165, 1.54) is 66.4 Å². The molecule has 1 heteroatoms. The largest absolute Gasteiger partial charge is 0.309 e. The third-order valence-electron chi connectivity index (χ3n) is 9.61. The average Bonchev–Trinajstić information content (AvgIpc) is 3.33. The Labute approximate surface area is 219 Å². The van der Waals surface area contributed by atoms with Crippen LogP contribution in [0.1, 0.15) is 49.4 Å². The molecule has 1 unspecified atom stereocenters. The number of benzene rings is 4. The van der Waals surface area contributed by atoms with Gasteiger partial charge in [0.25, 0.3) is 0 Å². The van der Waals surface area contributed by atoms with Crippen LogP contribution in [0.5, 0.6) is 0 Å². The van der Waals surface area contributed by atoms with E-state index in [2.05, 4.69) is 136 Å². The second-order valence-electron chi connectivity index (χ2n) is 11.7. The molecule has 1 heterocycles. The summed E-state index contributed by atoms with van der Waals surface area (Å²) in [7, 11) is 0. The van der Waals surface area contributed by atoms with Crippen LogP contribution in [0.3, 0.4) is 0 Å². The lowest BCUT2D eigenvalue weighted by atomic mass is 9.62. The van der Waals surface area contributed by atoms with Crippen molar-refractivity contribution in [2.24, 2.45) is 5.41 Å². The summed E-state index contributed by atoms with van der Waals surface area (Å²) in [4.78, 5) is 0. The van der Waals surface area contributed by atoms with Crippen LogP contribution in [0, 0.1) is 19.3 Å². The summed E-state index contributed by atoms with van der Waals surface area (Å²) in [6.45, 7) is 11.9. The molecule has 7 rings (SSSR count). The van der Waals surface area contributed by atoms with Crippen molar-refractivity contribution in [1.82, 2.24) is 4.57 Å². The van der Waals surface area contributed by atoms with Crippen LogP contribution in [0.2, 0.25) is 0 Å². The zero-order valence-corrected chi connectivity index (χ0v) is 22.4. The van der Waals surface area contributed by atoms with Gasteiger partial charge in [-0.2, -0.15) is 0 Å². The molecule has 0 spiro atoms. The zero-order chi connectivity index (χ0) is 25.5. The quantitative estimate of drug-likeness (QED) is 0.237. The van der Waals surface area contributed by atoms with Crippen molar-refractivity contribution in [3.05, 3.63) is 119 Å². The van der Waals surface area contributed by atoms with Crippen LogP contribution >= 0.6 is 0 Å². The van der Waals surface area contributed by atoms with Crippen LogP contribution in [0.15, 0.2) is 97.1 Å². The van der Waals surface area contributed by atoms with Crippen LogP contribution in [0.4, 0.5) is 0 Å². The summed E-state index contributed by atoms with van der Waals surface area (Å²) < 4.78 is 2.57. The molecule has 0 saturated carbocycles. The lowest BCUT2D eigenvalue weighted by Crippen LogP contribution is -2.35. The van der Waals surface area contributed by atoms with Crippen molar-refractivity contribution in [1.29, 1.82) is 0 Å². The van der Waals surface area contributed by atoms with Crippen LogP contribution in [-0.2, 0) is 5.41 Å². The Kier molecular flexibility index (Phi) is 4.59. The number of rotatable bonds is 2. The Morgan fingerprint density at radius 3 is 2.11 bits per heavy atom. The topological polar surface area (TPSA) is 4.93 Å². The van der Waals surface area contributed by atoms with E-state index in [1.807, 2.05) is 0 Å². The van der Waals surface area contributed by atoms with E-state index in [0.717, 1.165) is 6.42 Å². The molecule has 0 N–H and O–H groups in total. The number of nitrogens with zero attached hydrogens (tertiary/aromatic N) is 1. The van der Waals surface area contributed by atoms with E-state index in [9.17, 15) is 0 Å². The molecule has 5 aromatic rings. The van der Waals surface area contributed by atoms with Crippen LogP contribution < -0.4 is 0 Å². The molecule has 4 aromatic carbocycles. The molecule has 0 amide bonds. The molecule has 2 aliphatic rings. The Hall–Kier alpha value is -3.84. The van der Waals surface area contributed by atoms with E-state index >= 15 is 0 Å². The van der Waals surface area contributed by atoms with Gasteiger partial charge in [-0.1, -0.05) is 106 Å². The first-order valence-corrected chi connectivity index (χ1v) is 13.4. The molecule has 1 aromatic heterocycles. The maximum atomic E-state index is 2.57. The van der Waals surface area contributed by atoms with Crippen molar-refractivity contribution in [2.75, 3.05) is 0 Å². The molecule has 0 bridgehead atoms. The Balaban J connectivity index is 1.68. The van der Waals surface area contributed by atoms with Crippen molar-refractivity contribution in [3.63, 3.8) is 0 Å². The average molecular weight is 480 g/mol. The molecule has 182 valence electrons. The molecule has 0 saturated heterocycles. The highest BCUT2D eigenvalue weighted by Gasteiger charge is 2.53. The first kappa shape index (κ1) is 22.4. The van der Waals surface area contributed by atoms with Gasteiger partial charge in [-0.05, 0) is 71.4 Å². The van der Waals surface area contributed by atoms with Crippen molar-refractivity contribution >= 4 is 27.4 Å². The van der Waals surface area contributed by atoms with Gasteiger partial charge in [-0.15, -0.1) is 0 Å². The maximum Gasteiger partial charge on any atom is 0.0585 e. The number of hydrogen-bond acceptors (Lipinski definition) is 0. The maximum absolute atomic E-state index is 2.57. The normalized spacial score (nSPS) is 19.8. The van der Waals surface area contributed by atoms with Gasteiger partial charge in [0, 0.05) is 27.3 Å². The molecule has 37 heavy (non-hydrogen) atoms. The SMILES string of the molecule is Cc1ccccc1-c1ccc2c3ccc4c(c3n(-c3ccccc3)c2c1C)C(C)(C)C1(C)CC=CC=C41. The molecule has 1 nitrogen and oxygen atoms in total. The van der Waals surface area contributed by atoms with Crippen LogP contribution in [0.25, 0.3) is 44.2 Å². The summed E-state index contributed by atoms with van der Waals surface area (Å²) >= 11 is 0. The number of aryl methyl sites for hydroxylation is 2. The Bertz CT molecular complexity index is 1790. The molecule has 0 aliphatic heterocycles.